The van der Waals surface area contributed by atoms with Crippen LogP contribution >= 0.6 is 0 Å². The quantitative estimate of drug-likeness (QED) is 0.833. The number of benzene rings is 1. The van der Waals surface area contributed by atoms with E-state index in [1.54, 1.807) is 12.1 Å². The molecule has 3 amide bonds. The van der Waals surface area contributed by atoms with Gasteiger partial charge in [-0.05, 0) is 23.6 Å². The first-order chi connectivity index (χ1) is 8.49. The molecule has 1 N–H and O–H groups in total. The van der Waals surface area contributed by atoms with Crippen LogP contribution in [0.15, 0.2) is 24.3 Å². The Bertz CT molecular complexity index is 488. The molecular formula is C13H15FN2O2. The van der Waals surface area contributed by atoms with Crippen LogP contribution in [0.25, 0.3) is 0 Å². The van der Waals surface area contributed by atoms with E-state index in [0.717, 1.165) is 4.90 Å². The minimum absolute atomic E-state index is 0.0407. The molecule has 0 spiro atoms. The van der Waals surface area contributed by atoms with Crippen molar-refractivity contribution in [1.82, 2.24) is 10.2 Å². The number of carbonyl (C=O) groups excluding carboxylic acids is 2. The van der Waals surface area contributed by atoms with E-state index in [-0.39, 0.29) is 24.2 Å². The average Bonchev–Trinajstić information content (AvgIpc) is 2.57. The Kier molecular flexibility index (Phi) is 3.32. The van der Waals surface area contributed by atoms with Gasteiger partial charge in [-0.2, -0.15) is 0 Å². The summed E-state index contributed by atoms with van der Waals surface area (Å²) >= 11 is 0. The van der Waals surface area contributed by atoms with Gasteiger partial charge in [-0.1, -0.05) is 26.0 Å². The Morgan fingerprint density at radius 1 is 1.39 bits per heavy atom. The lowest BCUT2D eigenvalue weighted by molar-refractivity contribution is -0.128. The summed E-state index contributed by atoms with van der Waals surface area (Å²) in [6, 6.07) is 5.00. The summed E-state index contributed by atoms with van der Waals surface area (Å²) in [4.78, 5) is 24.8. The number of amides is 3. The zero-order valence-electron chi connectivity index (χ0n) is 10.3. The molecule has 1 aromatic carbocycles. The molecule has 1 aromatic rings. The van der Waals surface area contributed by atoms with Crippen LogP contribution in [0.2, 0.25) is 0 Å². The van der Waals surface area contributed by atoms with Gasteiger partial charge >= 0.3 is 6.03 Å². The van der Waals surface area contributed by atoms with Gasteiger partial charge in [-0.25, -0.2) is 9.18 Å². The highest BCUT2D eigenvalue weighted by molar-refractivity contribution is 6.04. The summed E-state index contributed by atoms with van der Waals surface area (Å²) < 4.78 is 13.0. The van der Waals surface area contributed by atoms with E-state index in [0.29, 0.717) is 5.56 Å². The van der Waals surface area contributed by atoms with Crippen molar-refractivity contribution in [1.29, 1.82) is 0 Å². The Morgan fingerprint density at radius 3 is 2.67 bits per heavy atom. The van der Waals surface area contributed by atoms with Crippen LogP contribution in [0.1, 0.15) is 19.4 Å². The summed E-state index contributed by atoms with van der Waals surface area (Å²) in [6.45, 7) is 3.84. The van der Waals surface area contributed by atoms with Gasteiger partial charge in [0.25, 0.3) is 5.91 Å². The lowest BCUT2D eigenvalue weighted by Crippen LogP contribution is -2.34. The van der Waals surface area contributed by atoms with Gasteiger partial charge < -0.3 is 5.32 Å². The van der Waals surface area contributed by atoms with E-state index in [1.165, 1.54) is 12.1 Å². The van der Waals surface area contributed by atoms with Gasteiger partial charge in [0.15, 0.2) is 0 Å². The van der Waals surface area contributed by atoms with Crippen LogP contribution in [0.3, 0.4) is 0 Å². The highest BCUT2D eigenvalue weighted by Crippen LogP contribution is 2.17. The minimum atomic E-state index is -0.481. The Hall–Kier alpha value is -1.91. The third-order valence-corrected chi connectivity index (χ3v) is 2.95. The zero-order chi connectivity index (χ0) is 13.3. The van der Waals surface area contributed by atoms with Crippen molar-refractivity contribution in [3.05, 3.63) is 35.6 Å². The minimum Gasteiger partial charge on any atom is -0.326 e. The van der Waals surface area contributed by atoms with Crippen molar-refractivity contribution in [2.75, 3.05) is 0 Å². The van der Waals surface area contributed by atoms with E-state index in [9.17, 15) is 14.0 Å². The summed E-state index contributed by atoms with van der Waals surface area (Å²) in [6.07, 6.45) is 0. The molecule has 18 heavy (non-hydrogen) atoms. The fourth-order valence-corrected chi connectivity index (χ4v) is 1.96. The summed E-state index contributed by atoms with van der Waals surface area (Å²) in [5.41, 5.74) is 0.600. The second kappa shape index (κ2) is 4.76. The van der Waals surface area contributed by atoms with Crippen LogP contribution in [-0.2, 0) is 11.3 Å². The third-order valence-electron chi connectivity index (χ3n) is 2.95. The molecule has 0 radical (unpaired) electrons. The van der Waals surface area contributed by atoms with Crippen LogP contribution in [-0.4, -0.2) is 22.9 Å². The maximum atomic E-state index is 13.0. The highest BCUT2D eigenvalue weighted by atomic mass is 19.1. The highest BCUT2D eigenvalue weighted by Gasteiger charge is 2.39. The maximum Gasteiger partial charge on any atom is 0.325 e. The van der Waals surface area contributed by atoms with Crippen LogP contribution < -0.4 is 5.32 Å². The topological polar surface area (TPSA) is 49.4 Å². The van der Waals surface area contributed by atoms with E-state index in [1.807, 2.05) is 13.8 Å². The number of halogens is 1. The lowest BCUT2D eigenvalue weighted by atomic mass is 10.0. The molecule has 0 aliphatic carbocycles. The fraction of sp³-hybridized carbons (Fsp3) is 0.385. The lowest BCUT2D eigenvalue weighted by Gasteiger charge is -2.14. The molecule has 1 aliphatic heterocycles. The van der Waals surface area contributed by atoms with Gasteiger partial charge in [0.1, 0.15) is 11.9 Å². The van der Waals surface area contributed by atoms with Crippen molar-refractivity contribution in [3.8, 4) is 0 Å². The molecule has 96 valence electrons. The van der Waals surface area contributed by atoms with Crippen molar-refractivity contribution >= 4 is 11.9 Å². The van der Waals surface area contributed by atoms with E-state index >= 15 is 0 Å². The molecule has 0 aromatic heterocycles. The van der Waals surface area contributed by atoms with Crippen LogP contribution in [0.5, 0.6) is 0 Å². The van der Waals surface area contributed by atoms with Gasteiger partial charge in [-0.15, -0.1) is 0 Å². The molecule has 4 nitrogen and oxygen atoms in total. The first-order valence-corrected chi connectivity index (χ1v) is 5.85. The number of hydrogen-bond donors (Lipinski definition) is 1. The van der Waals surface area contributed by atoms with E-state index < -0.39 is 12.1 Å². The standard InChI is InChI=1S/C13H15FN2O2/c1-8(2)11-12(17)16(13(18)15-11)7-9-4-3-5-10(14)6-9/h3-6,8,11H,7H2,1-2H3,(H,15,18)/t11-/m1/s1. The van der Waals surface area contributed by atoms with Crippen molar-refractivity contribution < 1.29 is 14.0 Å². The summed E-state index contributed by atoms with van der Waals surface area (Å²) in [5.74, 6) is -0.585. The SMILES string of the molecule is CC(C)[C@H]1NC(=O)N(Cc2cccc(F)c2)C1=O. The maximum absolute atomic E-state index is 13.0. The predicted octanol–water partition coefficient (Wildman–Crippen LogP) is 1.90. The molecule has 1 heterocycles. The normalized spacial score (nSPS) is 19.6. The molecule has 5 heteroatoms. The smallest absolute Gasteiger partial charge is 0.325 e. The third kappa shape index (κ3) is 2.34. The van der Waals surface area contributed by atoms with Crippen molar-refractivity contribution in [2.45, 2.75) is 26.4 Å². The van der Waals surface area contributed by atoms with E-state index in [2.05, 4.69) is 5.32 Å². The average molecular weight is 250 g/mol. The number of nitrogens with one attached hydrogen (secondary N) is 1. The number of hydrogen-bond acceptors (Lipinski definition) is 2. The van der Waals surface area contributed by atoms with Crippen LogP contribution in [0.4, 0.5) is 9.18 Å². The second-order valence-electron chi connectivity index (χ2n) is 4.73. The largest absolute Gasteiger partial charge is 0.326 e. The molecule has 0 unspecified atom stereocenters. The summed E-state index contributed by atoms with van der Waals surface area (Å²) in [5, 5.41) is 2.63. The van der Waals surface area contributed by atoms with Crippen molar-refractivity contribution in [2.24, 2.45) is 5.92 Å². The Labute approximate surface area is 105 Å². The summed E-state index contributed by atoms with van der Waals surface area (Å²) in [7, 11) is 0. The zero-order valence-corrected chi connectivity index (χ0v) is 10.3. The molecule has 1 saturated heterocycles. The second-order valence-corrected chi connectivity index (χ2v) is 4.73. The Balaban J connectivity index is 2.15. The van der Waals surface area contributed by atoms with Gasteiger partial charge in [-0.3, -0.25) is 9.69 Å². The van der Waals surface area contributed by atoms with Crippen molar-refractivity contribution in [3.63, 3.8) is 0 Å². The molecular weight excluding hydrogens is 235 g/mol. The molecule has 0 saturated carbocycles. The first-order valence-electron chi connectivity index (χ1n) is 5.85. The first kappa shape index (κ1) is 12.5. The Morgan fingerprint density at radius 2 is 2.11 bits per heavy atom. The molecule has 0 bridgehead atoms. The van der Waals surface area contributed by atoms with Gasteiger partial charge in [0, 0.05) is 0 Å². The molecule has 1 atom stereocenters. The molecule has 2 rings (SSSR count). The predicted molar refractivity (Wildman–Crippen MR) is 64.1 cm³/mol. The number of rotatable bonds is 3. The molecule has 1 fully saturated rings. The number of imide groups is 1. The monoisotopic (exact) mass is 250 g/mol. The van der Waals surface area contributed by atoms with Crippen LogP contribution in [0, 0.1) is 11.7 Å². The number of nitrogens with zero attached hydrogens (tertiary/aromatic N) is 1. The fourth-order valence-electron chi connectivity index (χ4n) is 1.96. The molecule has 1 aliphatic rings. The van der Waals surface area contributed by atoms with Gasteiger partial charge in [0.05, 0.1) is 6.54 Å². The number of urea groups is 1. The van der Waals surface area contributed by atoms with Gasteiger partial charge in [0.2, 0.25) is 0 Å². The number of carbonyl (C=O) groups is 2. The van der Waals surface area contributed by atoms with E-state index in [4.69, 9.17) is 0 Å².